The molecule has 1 heterocycles. The van der Waals surface area contributed by atoms with Crippen molar-refractivity contribution in [2.45, 2.75) is 47.2 Å². The van der Waals surface area contributed by atoms with Gasteiger partial charge in [-0.1, -0.05) is 39.3 Å². The monoisotopic (exact) mass is 255 g/mol. The Morgan fingerprint density at radius 3 is 2.18 bits per heavy atom. The summed E-state index contributed by atoms with van der Waals surface area (Å²) >= 11 is 6.24. The van der Waals surface area contributed by atoms with E-state index in [2.05, 4.69) is 38.1 Å². The summed E-state index contributed by atoms with van der Waals surface area (Å²) < 4.78 is 1.87. The summed E-state index contributed by atoms with van der Waals surface area (Å²) in [5, 5.41) is 8.72. The van der Waals surface area contributed by atoms with Gasteiger partial charge >= 0.3 is 0 Å². The fourth-order valence-electron chi connectivity index (χ4n) is 2.78. The van der Waals surface area contributed by atoms with E-state index in [4.69, 9.17) is 11.6 Å². The summed E-state index contributed by atoms with van der Waals surface area (Å²) in [5.41, 5.74) is 2.68. The molecule has 1 fully saturated rings. The Bertz CT molecular complexity index is 432. The van der Waals surface area contributed by atoms with Crippen LogP contribution in [0.2, 0.25) is 5.02 Å². The van der Waals surface area contributed by atoms with Crippen LogP contribution in [-0.2, 0) is 13.6 Å². The Labute approximate surface area is 109 Å². The van der Waals surface area contributed by atoms with Gasteiger partial charge in [0.2, 0.25) is 0 Å². The van der Waals surface area contributed by atoms with E-state index in [1.54, 1.807) is 0 Å². The molecule has 0 aromatic carbocycles. The first-order valence-corrected chi connectivity index (χ1v) is 6.48. The molecule has 1 aromatic rings. The first-order chi connectivity index (χ1) is 7.69. The molecular formula is C13H22ClN3. The third-order valence-corrected chi connectivity index (χ3v) is 5.25. The van der Waals surface area contributed by atoms with Gasteiger partial charge in [0.25, 0.3) is 0 Å². The van der Waals surface area contributed by atoms with Crippen molar-refractivity contribution in [1.82, 2.24) is 15.1 Å². The van der Waals surface area contributed by atoms with E-state index in [0.717, 1.165) is 23.0 Å². The molecule has 0 spiro atoms. The Hall–Kier alpha value is -0.540. The standard InChI is InChI=1S/C13H22ClN3/c1-8-10(14)9(17(6)16-8)7-15-11-12(2,3)13(11,4)5/h11,15H,7H2,1-6H3. The van der Waals surface area contributed by atoms with E-state index in [1.807, 2.05) is 18.7 Å². The van der Waals surface area contributed by atoms with Gasteiger partial charge in [0, 0.05) is 19.6 Å². The summed E-state index contributed by atoms with van der Waals surface area (Å²) in [6.07, 6.45) is 0. The average Bonchev–Trinajstić information content (AvgIpc) is 2.44. The van der Waals surface area contributed by atoms with Crippen molar-refractivity contribution in [1.29, 1.82) is 0 Å². The second-order valence-corrected chi connectivity index (χ2v) is 6.60. The number of hydrogen-bond donors (Lipinski definition) is 1. The molecular weight excluding hydrogens is 234 g/mol. The van der Waals surface area contributed by atoms with E-state index in [1.165, 1.54) is 0 Å². The van der Waals surface area contributed by atoms with Gasteiger partial charge in [0.05, 0.1) is 16.4 Å². The summed E-state index contributed by atoms with van der Waals surface area (Å²) in [5.74, 6) is 0. The molecule has 0 radical (unpaired) electrons. The molecule has 17 heavy (non-hydrogen) atoms. The topological polar surface area (TPSA) is 29.9 Å². The number of aryl methyl sites for hydroxylation is 2. The molecule has 96 valence electrons. The highest BCUT2D eigenvalue weighted by molar-refractivity contribution is 6.31. The molecule has 0 bridgehead atoms. The molecule has 0 aliphatic heterocycles. The fraction of sp³-hybridized carbons (Fsp3) is 0.769. The van der Waals surface area contributed by atoms with E-state index in [-0.39, 0.29) is 0 Å². The van der Waals surface area contributed by atoms with Gasteiger partial charge in [-0.25, -0.2) is 0 Å². The molecule has 1 saturated carbocycles. The van der Waals surface area contributed by atoms with Crippen LogP contribution in [0.5, 0.6) is 0 Å². The van der Waals surface area contributed by atoms with E-state index < -0.39 is 0 Å². The maximum absolute atomic E-state index is 6.24. The smallest absolute Gasteiger partial charge is 0.0860 e. The summed E-state index contributed by atoms with van der Waals surface area (Å²) in [4.78, 5) is 0. The highest BCUT2D eigenvalue weighted by Crippen LogP contribution is 2.62. The Kier molecular flexibility index (Phi) is 2.83. The number of nitrogens with zero attached hydrogens (tertiary/aromatic N) is 2. The zero-order valence-corrected chi connectivity index (χ0v) is 12.3. The number of halogens is 1. The van der Waals surface area contributed by atoms with Gasteiger partial charge in [0.15, 0.2) is 0 Å². The molecule has 1 aliphatic rings. The zero-order valence-electron chi connectivity index (χ0n) is 11.6. The van der Waals surface area contributed by atoms with Crippen molar-refractivity contribution in [2.75, 3.05) is 0 Å². The molecule has 0 saturated heterocycles. The summed E-state index contributed by atoms with van der Waals surface area (Å²) in [7, 11) is 1.94. The maximum Gasteiger partial charge on any atom is 0.0860 e. The number of aromatic nitrogens is 2. The lowest BCUT2D eigenvalue weighted by Crippen LogP contribution is -2.23. The van der Waals surface area contributed by atoms with Crippen LogP contribution in [0, 0.1) is 17.8 Å². The van der Waals surface area contributed by atoms with Crippen LogP contribution in [0.1, 0.15) is 39.1 Å². The summed E-state index contributed by atoms with van der Waals surface area (Å²) in [6.45, 7) is 12.0. The minimum Gasteiger partial charge on any atom is -0.307 e. The lowest BCUT2D eigenvalue weighted by molar-refractivity contribution is 0.457. The molecule has 1 N–H and O–H groups in total. The summed E-state index contributed by atoms with van der Waals surface area (Å²) in [6, 6.07) is 0.543. The van der Waals surface area contributed by atoms with E-state index in [0.29, 0.717) is 16.9 Å². The van der Waals surface area contributed by atoms with E-state index >= 15 is 0 Å². The number of nitrogens with one attached hydrogen (secondary N) is 1. The van der Waals surface area contributed by atoms with Gasteiger partial charge in [-0.05, 0) is 17.8 Å². The molecule has 1 aromatic heterocycles. The van der Waals surface area contributed by atoms with Crippen molar-refractivity contribution in [2.24, 2.45) is 17.9 Å². The van der Waals surface area contributed by atoms with Gasteiger partial charge in [-0.15, -0.1) is 0 Å². The van der Waals surface area contributed by atoms with Gasteiger partial charge < -0.3 is 5.32 Å². The first kappa shape index (κ1) is 12.9. The molecule has 3 nitrogen and oxygen atoms in total. The highest BCUT2D eigenvalue weighted by atomic mass is 35.5. The van der Waals surface area contributed by atoms with Crippen molar-refractivity contribution in [3.05, 3.63) is 16.4 Å². The molecule has 1 aliphatic carbocycles. The van der Waals surface area contributed by atoms with Crippen LogP contribution < -0.4 is 5.32 Å². The minimum atomic E-state index is 0.354. The van der Waals surface area contributed by atoms with Gasteiger partial charge in [-0.3, -0.25) is 4.68 Å². The van der Waals surface area contributed by atoms with Crippen molar-refractivity contribution in [3.63, 3.8) is 0 Å². The quantitative estimate of drug-likeness (QED) is 0.900. The number of hydrogen-bond acceptors (Lipinski definition) is 2. The first-order valence-electron chi connectivity index (χ1n) is 6.11. The highest BCUT2D eigenvalue weighted by Gasteiger charge is 2.64. The molecule has 2 rings (SSSR count). The largest absolute Gasteiger partial charge is 0.307 e. The van der Waals surface area contributed by atoms with E-state index in [9.17, 15) is 0 Å². The predicted molar refractivity (Wildman–Crippen MR) is 71.1 cm³/mol. The zero-order chi connectivity index (χ0) is 13.0. The Balaban J connectivity index is 2.05. The second kappa shape index (κ2) is 3.72. The second-order valence-electron chi connectivity index (χ2n) is 6.23. The van der Waals surface area contributed by atoms with Crippen LogP contribution in [-0.4, -0.2) is 15.8 Å². The third kappa shape index (κ3) is 1.80. The molecule has 0 amide bonds. The predicted octanol–water partition coefficient (Wildman–Crippen LogP) is 2.91. The minimum absolute atomic E-state index is 0.354. The van der Waals surface area contributed by atoms with Crippen LogP contribution in [0.4, 0.5) is 0 Å². The molecule has 4 heteroatoms. The lowest BCUT2D eigenvalue weighted by Gasteiger charge is -2.07. The van der Waals surface area contributed by atoms with Crippen molar-refractivity contribution >= 4 is 11.6 Å². The maximum atomic E-state index is 6.24. The normalized spacial score (nSPS) is 21.8. The van der Waals surface area contributed by atoms with Crippen molar-refractivity contribution in [3.8, 4) is 0 Å². The lowest BCUT2D eigenvalue weighted by atomic mass is 10.0. The Morgan fingerprint density at radius 1 is 1.29 bits per heavy atom. The van der Waals surface area contributed by atoms with Crippen LogP contribution in [0.25, 0.3) is 0 Å². The Morgan fingerprint density at radius 2 is 1.82 bits per heavy atom. The average molecular weight is 256 g/mol. The molecule has 0 unspecified atom stereocenters. The van der Waals surface area contributed by atoms with Gasteiger partial charge in [0.1, 0.15) is 0 Å². The van der Waals surface area contributed by atoms with Crippen LogP contribution in [0.15, 0.2) is 0 Å². The van der Waals surface area contributed by atoms with Gasteiger partial charge in [-0.2, -0.15) is 5.10 Å². The molecule has 0 atom stereocenters. The van der Waals surface area contributed by atoms with Crippen molar-refractivity contribution < 1.29 is 0 Å². The van der Waals surface area contributed by atoms with Crippen LogP contribution in [0.3, 0.4) is 0 Å². The fourth-order valence-corrected chi connectivity index (χ4v) is 3.00. The third-order valence-electron chi connectivity index (χ3n) is 4.76. The van der Waals surface area contributed by atoms with Crippen LogP contribution >= 0.6 is 11.6 Å². The SMILES string of the molecule is Cc1nn(C)c(CNC2C(C)(C)C2(C)C)c1Cl. The number of rotatable bonds is 3.